The minimum absolute atomic E-state index is 0.782. The SMILES string of the molecule is CCCCn1cnc(-c2ccc3c(c2)CCN3C)c1N. The quantitative estimate of drug-likeness (QED) is 0.929. The lowest BCUT2D eigenvalue weighted by atomic mass is 10.1. The van der Waals surface area contributed by atoms with Gasteiger partial charge in [-0.1, -0.05) is 19.4 Å². The summed E-state index contributed by atoms with van der Waals surface area (Å²) in [7, 11) is 2.14. The Morgan fingerprint density at radius 3 is 3.00 bits per heavy atom. The molecule has 0 aliphatic carbocycles. The Bertz CT molecular complexity index is 615. The van der Waals surface area contributed by atoms with E-state index in [1.807, 2.05) is 6.33 Å². The average Bonchev–Trinajstić information content (AvgIpc) is 3.00. The first-order valence-corrected chi connectivity index (χ1v) is 7.35. The summed E-state index contributed by atoms with van der Waals surface area (Å²) < 4.78 is 2.05. The zero-order chi connectivity index (χ0) is 14.1. The lowest BCUT2D eigenvalue weighted by Crippen LogP contribution is -2.12. The summed E-state index contributed by atoms with van der Waals surface area (Å²) >= 11 is 0. The van der Waals surface area contributed by atoms with Gasteiger partial charge in [-0.25, -0.2) is 4.98 Å². The Morgan fingerprint density at radius 1 is 1.35 bits per heavy atom. The maximum absolute atomic E-state index is 6.24. The minimum atomic E-state index is 0.782. The zero-order valence-electron chi connectivity index (χ0n) is 12.3. The van der Waals surface area contributed by atoms with Gasteiger partial charge >= 0.3 is 0 Å². The van der Waals surface area contributed by atoms with Gasteiger partial charge in [-0.3, -0.25) is 0 Å². The van der Waals surface area contributed by atoms with Crippen molar-refractivity contribution in [1.29, 1.82) is 0 Å². The molecule has 1 aliphatic rings. The Labute approximate surface area is 120 Å². The highest BCUT2D eigenvalue weighted by atomic mass is 15.1. The number of unbranched alkanes of at least 4 members (excludes halogenated alkanes) is 1. The van der Waals surface area contributed by atoms with Crippen molar-refractivity contribution in [3.05, 3.63) is 30.1 Å². The number of aryl methyl sites for hydroxylation is 1. The number of imidazole rings is 1. The number of fused-ring (bicyclic) bond motifs is 1. The van der Waals surface area contributed by atoms with Crippen LogP contribution in [0, 0.1) is 0 Å². The molecule has 0 fully saturated rings. The van der Waals surface area contributed by atoms with Crippen LogP contribution < -0.4 is 10.6 Å². The number of hydrogen-bond acceptors (Lipinski definition) is 3. The summed E-state index contributed by atoms with van der Waals surface area (Å²) in [4.78, 5) is 6.80. The van der Waals surface area contributed by atoms with Gasteiger partial charge in [0.2, 0.25) is 0 Å². The van der Waals surface area contributed by atoms with E-state index in [1.165, 1.54) is 11.3 Å². The Hall–Kier alpha value is -1.97. The van der Waals surface area contributed by atoms with Gasteiger partial charge in [-0.15, -0.1) is 0 Å². The van der Waals surface area contributed by atoms with Gasteiger partial charge in [0.1, 0.15) is 11.5 Å². The summed E-state index contributed by atoms with van der Waals surface area (Å²) in [5.41, 5.74) is 11.0. The molecule has 0 bridgehead atoms. The maximum Gasteiger partial charge on any atom is 0.131 e. The molecule has 1 aromatic heterocycles. The van der Waals surface area contributed by atoms with Crippen molar-refractivity contribution in [2.24, 2.45) is 0 Å². The second-order valence-electron chi connectivity index (χ2n) is 5.54. The van der Waals surface area contributed by atoms with Crippen LogP contribution in [-0.2, 0) is 13.0 Å². The molecule has 106 valence electrons. The maximum atomic E-state index is 6.24. The number of anilines is 2. The molecule has 1 aliphatic heterocycles. The number of aromatic nitrogens is 2. The van der Waals surface area contributed by atoms with Gasteiger partial charge < -0.3 is 15.2 Å². The molecule has 20 heavy (non-hydrogen) atoms. The molecule has 0 unspecified atom stereocenters. The normalized spacial score (nSPS) is 13.8. The van der Waals surface area contributed by atoms with Crippen LogP contribution in [0.4, 0.5) is 11.5 Å². The van der Waals surface area contributed by atoms with Crippen molar-refractivity contribution in [2.75, 3.05) is 24.2 Å². The number of nitrogen functional groups attached to an aromatic ring is 1. The number of rotatable bonds is 4. The van der Waals surface area contributed by atoms with Gasteiger partial charge in [0.25, 0.3) is 0 Å². The Morgan fingerprint density at radius 2 is 2.20 bits per heavy atom. The highest BCUT2D eigenvalue weighted by Crippen LogP contribution is 2.32. The Balaban J connectivity index is 1.92. The second-order valence-corrected chi connectivity index (χ2v) is 5.54. The van der Waals surface area contributed by atoms with Crippen LogP contribution >= 0.6 is 0 Å². The van der Waals surface area contributed by atoms with E-state index < -0.39 is 0 Å². The zero-order valence-corrected chi connectivity index (χ0v) is 12.3. The number of hydrogen-bond donors (Lipinski definition) is 1. The van der Waals surface area contributed by atoms with Crippen LogP contribution in [0.25, 0.3) is 11.3 Å². The predicted octanol–water partition coefficient (Wildman–Crippen LogP) is 2.92. The number of benzene rings is 1. The summed E-state index contributed by atoms with van der Waals surface area (Å²) in [6.07, 6.45) is 5.27. The van der Waals surface area contributed by atoms with E-state index in [9.17, 15) is 0 Å². The fraction of sp³-hybridized carbons (Fsp3) is 0.438. The van der Waals surface area contributed by atoms with Crippen molar-refractivity contribution in [3.63, 3.8) is 0 Å². The molecule has 2 aromatic rings. The lowest BCUT2D eigenvalue weighted by molar-refractivity contribution is 0.637. The molecule has 0 atom stereocenters. The van der Waals surface area contributed by atoms with Crippen LogP contribution in [0.5, 0.6) is 0 Å². The van der Waals surface area contributed by atoms with Crippen molar-refractivity contribution in [1.82, 2.24) is 9.55 Å². The lowest BCUT2D eigenvalue weighted by Gasteiger charge is -2.12. The molecule has 0 radical (unpaired) electrons. The standard InChI is InChI=1S/C16H22N4/c1-3-4-8-20-11-18-15(16(20)17)13-5-6-14-12(10-13)7-9-19(14)2/h5-6,10-11H,3-4,7-9,17H2,1-2H3. The van der Waals surface area contributed by atoms with Gasteiger partial charge in [-0.05, 0) is 30.5 Å². The molecule has 3 rings (SSSR count). The first-order valence-electron chi connectivity index (χ1n) is 7.35. The third-order valence-corrected chi connectivity index (χ3v) is 4.11. The van der Waals surface area contributed by atoms with Crippen molar-refractivity contribution in [2.45, 2.75) is 32.7 Å². The van der Waals surface area contributed by atoms with Crippen LogP contribution in [0.3, 0.4) is 0 Å². The smallest absolute Gasteiger partial charge is 0.131 e. The van der Waals surface area contributed by atoms with Crippen molar-refractivity contribution < 1.29 is 0 Å². The monoisotopic (exact) mass is 270 g/mol. The van der Waals surface area contributed by atoms with E-state index in [1.54, 1.807) is 0 Å². The topological polar surface area (TPSA) is 47.1 Å². The van der Waals surface area contributed by atoms with E-state index in [-0.39, 0.29) is 0 Å². The first-order chi connectivity index (χ1) is 9.70. The van der Waals surface area contributed by atoms with E-state index in [0.717, 1.165) is 49.4 Å². The minimum Gasteiger partial charge on any atom is -0.383 e. The largest absolute Gasteiger partial charge is 0.383 e. The second kappa shape index (κ2) is 5.19. The fourth-order valence-electron chi connectivity index (χ4n) is 2.83. The van der Waals surface area contributed by atoms with E-state index in [2.05, 4.69) is 46.6 Å². The number of nitrogens with zero attached hydrogens (tertiary/aromatic N) is 3. The summed E-state index contributed by atoms with van der Waals surface area (Å²) in [6.45, 7) is 4.23. The van der Waals surface area contributed by atoms with Crippen LogP contribution in [0.1, 0.15) is 25.3 Å². The molecule has 0 saturated heterocycles. The molecule has 4 nitrogen and oxygen atoms in total. The van der Waals surface area contributed by atoms with E-state index >= 15 is 0 Å². The average molecular weight is 270 g/mol. The third-order valence-electron chi connectivity index (χ3n) is 4.11. The van der Waals surface area contributed by atoms with E-state index in [4.69, 9.17) is 5.73 Å². The molecule has 0 amide bonds. The predicted molar refractivity (Wildman–Crippen MR) is 84.0 cm³/mol. The molecule has 2 heterocycles. The summed E-state index contributed by atoms with van der Waals surface area (Å²) in [5, 5.41) is 0. The molecule has 4 heteroatoms. The summed E-state index contributed by atoms with van der Waals surface area (Å²) in [6, 6.07) is 6.55. The highest BCUT2D eigenvalue weighted by Gasteiger charge is 2.17. The Kier molecular flexibility index (Phi) is 3.38. The van der Waals surface area contributed by atoms with Gasteiger partial charge in [0.15, 0.2) is 0 Å². The third kappa shape index (κ3) is 2.15. The fourth-order valence-corrected chi connectivity index (χ4v) is 2.83. The molecule has 1 aromatic carbocycles. The van der Waals surface area contributed by atoms with Crippen molar-refractivity contribution >= 4 is 11.5 Å². The van der Waals surface area contributed by atoms with Crippen LogP contribution in [0.15, 0.2) is 24.5 Å². The van der Waals surface area contributed by atoms with E-state index in [0.29, 0.717) is 0 Å². The molecular formula is C16H22N4. The van der Waals surface area contributed by atoms with Crippen molar-refractivity contribution in [3.8, 4) is 11.3 Å². The molecular weight excluding hydrogens is 248 g/mol. The van der Waals surface area contributed by atoms with Gasteiger partial charge in [-0.2, -0.15) is 0 Å². The molecule has 2 N–H and O–H groups in total. The number of nitrogens with two attached hydrogens (primary N) is 1. The molecule has 0 saturated carbocycles. The highest BCUT2D eigenvalue weighted by molar-refractivity contribution is 5.74. The molecule has 0 spiro atoms. The summed E-state index contributed by atoms with van der Waals surface area (Å²) in [5.74, 6) is 0.782. The first kappa shape index (κ1) is 13.0. The van der Waals surface area contributed by atoms with Gasteiger partial charge in [0.05, 0.1) is 6.33 Å². The van der Waals surface area contributed by atoms with Gasteiger partial charge in [0, 0.05) is 31.4 Å². The van der Waals surface area contributed by atoms with Crippen LogP contribution in [-0.4, -0.2) is 23.1 Å². The van der Waals surface area contributed by atoms with Crippen LogP contribution in [0.2, 0.25) is 0 Å². The number of likely N-dealkylation sites (N-methyl/N-ethyl adjacent to an activating group) is 1.